The molecule has 0 bridgehead atoms. The van der Waals surface area contributed by atoms with E-state index in [2.05, 4.69) is 15.4 Å². The SMILES string of the molecule is Cc1cc(C)n(-c2ccc(C(=O)NC[C@H](O)c3ccncc3)cc2)n1. The molecule has 128 valence electrons. The van der Waals surface area contributed by atoms with Gasteiger partial charge in [0.25, 0.3) is 5.91 Å². The average Bonchev–Trinajstić information content (AvgIpc) is 2.98. The van der Waals surface area contributed by atoms with Crippen LogP contribution in [0.4, 0.5) is 0 Å². The topological polar surface area (TPSA) is 80.0 Å². The molecular formula is C19H20N4O2. The van der Waals surface area contributed by atoms with Gasteiger partial charge in [-0.05, 0) is 61.9 Å². The molecule has 6 heteroatoms. The third-order valence-electron chi connectivity index (χ3n) is 3.93. The van der Waals surface area contributed by atoms with E-state index in [4.69, 9.17) is 0 Å². The van der Waals surface area contributed by atoms with E-state index in [1.165, 1.54) is 0 Å². The number of amides is 1. The van der Waals surface area contributed by atoms with E-state index in [9.17, 15) is 9.90 Å². The van der Waals surface area contributed by atoms with Gasteiger partial charge < -0.3 is 10.4 Å². The number of aryl methyl sites for hydroxylation is 2. The highest BCUT2D eigenvalue weighted by Gasteiger charge is 2.11. The Morgan fingerprint density at radius 3 is 2.44 bits per heavy atom. The Labute approximate surface area is 146 Å². The summed E-state index contributed by atoms with van der Waals surface area (Å²) in [5, 5.41) is 17.3. The molecule has 2 N–H and O–H groups in total. The van der Waals surface area contributed by atoms with E-state index in [-0.39, 0.29) is 12.5 Å². The van der Waals surface area contributed by atoms with Gasteiger partial charge in [0.15, 0.2) is 0 Å². The lowest BCUT2D eigenvalue weighted by atomic mass is 10.1. The Balaban J connectivity index is 1.64. The normalized spacial score (nSPS) is 12.0. The quantitative estimate of drug-likeness (QED) is 0.749. The number of rotatable bonds is 5. The summed E-state index contributed by atoms with van der Waals surface area (Å²) < 4.78 is 1.84. The van der Waals surface area contributed by atoms with Crippen LogP contribution in [-0.2, 0) is 0 Å². The summed E-state index contributed by atoms with van der Waals surface area (Å²) in [5.41, 5.74) is 4.14. The lowest BCUT2D eigenvalue weighted by molar-refractivity contribution is 0.0916. The predicted molar refractivity (Wildman–Crippen MR) is 94.6 cm³/mol. The highest BCUT2D eigenvalue weighted by molar-refractivity contribution is 5.94. The van der Waals surface area contributed by atoms with Crippen LogP contribution in [0.15, 0.2) is 54.9 Å². The molecule has 0 aliphatic rings. The fraction of sp³-hybridized carbons (Fsp3) is 0.211. The first-order chi connectivity index (χ1) is 12.0. The van der Waals surface area contributed by atoms with Gasteiger partial charge in [-0.1, -0.05) is 0 Å². The highest BCUT2D eigenvalue weighted by atomic mass is 16.3. The van der Waals surface area contributed by atoms with Gasteiger partial charge in [-0.25, -0.2) is 4.68 Å². The number of nitrogens with zero attached hydrogens (tertiary/aromatic N) is 3. The van der Waals surface area contributed by atoms with Crippen molar-refractivity contribution in [3.63, 3.8) is 0 Å². The molecule has 3 aromatic rings. The van der Waals surface area contributed by atoms with Crippen molar-refractivity contribution >= 4 is 5.91 Å². The van der Waals surface area contributed by atoms with Gasteiger partial charge in [-0.2, -0.15) is 5.10 Å². The third-order valence-corrected chi connectivity index (χ3v) is 3.93. The maximum Gasteiger partial charge on any atom is 0.251 e. The molecule has 3 rings (SSSR count). The molecule has 2 heterocycles. The van der Waals surface area contributed by atoms with Gasteiger partial charge in [-0.15, -0.1) is 0 Å². The zero-order valence-electron chi connectivity index (χ0n) is 14.2. The summed E-state index contributed by atoms with van der Waals surface area (Å²) in [4.78, 5) is 16.1. The van der Waals surface area contributed by atoms with Crippen LogP contribution in [0.2, 0.25) is 0 Å². The number of aliphatic hydroxyl groups is 1. The summed E-state index contributed by atoms with van der Waals surface area (Å²) >= 11 is 0. The fourth-order valence-electron chi connectivity index (χ4n) is 2.64. The molecule has 1 aromatic carbocycles. The van der Waals surface area contributed by atoms with Crippen molar-refractivity contribution in [3.8, 4) is 5.69 Å². The number of carbonyl (C=O) groups excluding carboxylic acids is 1. The lowest BCUT2D eigenvalue weighted by Crippen LogP contribution is -2.28. The molecule has 1 amide bonds. The van der Waals surface area contributed by atoms with Crippen molar-refractivity contribution in [2.24, 2.45) is 0 Å². The van der Waals surface area contributed by atoms with E-state index in [1.54, 1.807) is 36.7 Å². The van der Waals surface area contributed by atoms with Crippen molar-refractivity contribution in [1.29, 1.82) is 0 Å². The maximum atomic E-state index is 12.2. The number of hydrogen-bond donors (Lipinski definition) is 2. The standard InChI is InChI=1S/C19H20N4O2/c1-13-11-14(2)23(22-13)17-5-3-16(4-6-17)19(25)21-12-18(24)15-7-9-20-10-8-15/h3-11,18,24H,12H2,1-2H3,(H,21,25)/t18-/m0/s1. The second-order valence-electron chi connectivity index (χ2n) is 5.89. The third kappa shape index (κ3) is 3.92. The van der Waals surface area contributed by atoms with Gasteiger partial charge in [0.1, 0.15) is 0 Å². The van der Waals surface area contributed by atoms with Gasteiger partial charge in [0, 0.05) is 30.2 Å². The Morgan fingerprint density at radius 2 is 1.84 bits per heavy atom. The van der Waals surface area contributed by atoms with Crippen LogP contribution in [0.5, 0.6) is 0 Å². The molecule has 0 aliphatic heterocycles. The molecule has 0 fully saturated rings. The Bertz CT molecular complexity index is 857. The minimum absolute atomic E-state index is 0.141. The first-order valence-corrected chi connectivity index (χ1v) is 8.04. The number of nitrogens with one attached hydrogen (secondary N) is 1. The van der Waals surface area contributed by atoms with Crippen LogP contribution in [0.25, 0.3) is 5.69 Å². The number of aromatic nitrogens is 3. The van der Waals surface area contributed by atoms with E-state index in [1.807, 2.05) is 36.7 Å². The zero-order valence-corrected chi connectivity index (χ0v) is 14.2. The van der Waals surface area contributed by atoms with Gasteiger partial charge in [-0.3, -0.25) is 9.78 Å². The first kappa shape index (κ1) is 16.9. The molecular weight excluding hydrogens is 316 g/mol. The minimum Gasteiger partial charge on any atom is -0.387 e. The van der Waals surface area contributed by atoms with Crippen LogP contribution >= 0.6 is 0 Å². The highest BCUT2D eigenvalue weighted by Crippen LogP contribution is 2.14. The van der Waals surface area contributed by atoms with Crippen molar-refractivity contribution in [2.45, 2.75) is 20.0 Å². The Morgan fingerprint density at radius 1 is 1.16 bits per heavy atom. The number of pyridine rings is 1. The molecule has 0 saturated carbocycles. The molecule has 0 radical (unpaired) electrons. The minimum atomic E-state index is -0.763. The van der Waals surface area contributed by atoms with Crippen LogP contribution in [0, 0.1) is 13.8 Å². The molecule has 0 spiro atoms. The fourth-order valence-corrected chi connectivity index (χ4v) is 2.64. The monoisotopic (exact) mass is 336 g/mol. The maximum absolute atomic E-state index is 12.2. The van der Waals surface area contributed by atoms with Gasteiger partial charge in [0.05, 0.1) is 17.5 Å². The van der Waals surface area contributed by atoms with Gasteiger partial charge >= 0.3 is 0 Å². The van der Waals surface area contributed by atoms with Crippen LogP contribution in [-0.4, -0.2) is 32.3 Å². The smallest absolute Gasteiger partial charge is 0.251 e. The number of aliphatic hydroxyl groups excluding tert-OH is 1. The molecule has 0 saturated heterocycles. The van der Waals surface area contributed by atoms with E-state index in [0.29, 0.717) is 5.56 Å². The summed E-state index contributed by atoms with van der Waals surface area (Å²) in [7, 11) is 0. The summed E-state index contributed by atoms with van der Waals surface area (Å²) in [6.45, 7) is 4.07. The number of carbonyl (C=O) groups is 1. The zero-order chi connectivity index (χ0) is 17.8. The number of benzene rings is 1. The molecule has 0 unspecified atom stereocenters. The molecule has 2 aromatic heterocycles. The molecule has 0 aliphatic carbocycles. The second kappa shape index (κ2) is 7.27. The molecule has 25 heavy (non-hydrogen) atoms. The average molecular weight is 336 g/mol. The van der Waals surface area contributed by atoms with Gasteiger partial charge in [0.2, 0.25) is 0 Å². The van der Waals surface area contributed by atoms with Crippen LogP contribution in [0.3, 0.4) is 0 Å². The lowest BCUT2D eigenvalue weighted by Gasteiger charge is -2.12. The van der Waals surface area contributed by atoms with E-state index < -0.39 is 6.10 Å². The predicted octanol–water partition coefficient (Wildman–Crippen LogP) is 2.35. The van der Waals surface area contributed by atoms with Crippen molar-refractivity contribution < 1.29 is 9.90 Å². The summed E-state index contributed by atoms with van der Waals surface area (Å²) in [5.74, 6) is -0.229. The summed E-state index contributed by atoms with van der Waals surface area (Å²) in [6.07, 6.45) is 2.46. The largest absolute Gasteiger partial charge is 0.387 e. The summed E-state index contributed by atoms with van der Waals surface area (Å²) in [6, 6.07) is 12.7. The van der Waals surface area contributed by atoms with Crippen molar-refractivity contribution in [2.75, 3.05) is 6.54 Å². The van der Waals surface area contributed by atoms with E-state index in [0.717, 1.165) is 22.6 Å². The molecule has 1 atom stereocenters. The van der Waals surface area contributed by atoms with Crippen LogP contribution < -0.4 is 5.32 Å². The van der Waals surface area contributed by atoms with E-state index >= 15 is 0 Å². The van der Waals surface area contributed by atoms with Crippen LogP contribution in [0.1, 0.15) is 33.4 Å². The van der Waals surface area contributed by atoms with Crippen molar-refractivity contribution in [1.82, 2.24) is 20.1 Å². The Kier molecular flexibility index (Phi) is 4.90. The molecule has 6 nitrogen and oxygen atoms in total. The Hall–Kier alpha value is -2.99. The second-order valence-corrected chi connectivity index (χ2v) is 5.89. The first-order valence-electron chi connectivity index (χ1n) is 8.04. The van der Waals surface area contributed by atoms with Crippen molar-refractivity contribution in [3.05, 3.63) is 77.4 Å². The number of hydrogen-bond acceptors (Lipinski definition) is 4.